The predicted molar refractivity (Wildman–Crippen MR) is 142 cm³/mol. The number of methoxy groups -OCH3 is 2. The first kappa shape index (κ1) is 25.9. The van der Waals surface area contributed by atoms with Gasteiger partial charge in [0.05, 0.1) is 36.3 Å². The van der Waals surface area contributed by atoms with Gasteiger partial charge in [-0.2, -0.15) is 0 Å². The zero-order valence-electron chi connectivity index (χ0n) is 21.6. The van der Waals surface area contributed by atoms with Gasteiger partial charge in [0.1, 0.15) is 11.6 Å². The first-order chi connectivity index (χ1) is 17.6. The number of nitrogens with zero attached hydrogens (tertiary/aromatic N) is 3. The van der Waals surface area contributed by atoms with Crippen molar-refractivity contribution in [2.75, 3.05) is 27.4 Å². The summed E-state index contributed by atoms with van der Waals surface area (Å²) >= 11 is 0. The van der Waals surface area contributed by atoms with Gasteiger partial charge in [-0.25, -0.2) is 4.98 Å². The fourth-order valence-electron chi connectivity index (χ4n) is 5.38. The van der Waals surface area contributed by atoms with Crippen LogP contribution in [0.1, 0.15) is 63.7 Å². The smallest absolute Gasteiger partial charge is 0.266 e. The van der Waals surface area contributed by atoms with E-state index in [1.54, 1.807) is 24.9 Å². The van der Waals surface area contributed by atoms with E-state index in [4.69, 9.17) is 14.5 Å². The van der Waals surface area contributed by atoms with Gasteiger partial charge in [-0.1, -0.05) is 56.9 Å². The first-order valence-corrected chi connectivity index (χ1v) is 13.0. The molecule has 1 aliphatic rings. The zero-order chi connectivity index (χ0) is 25.5. The molecule has 1 fully saturated rings. The lowest BCUT2D eigenvalue weighted by Crippen LogP contribution is -2.40. The van der Waals surface area contributed by atoms with Crippen LogP contribution in [0.5, 0.6) is 5.75 Å². The molecule has 3 aromatic rings. The highest BCUT2D eigenvalue weighted by molar-refractivity contribution is 5.79. The van der Waals surface area contributed by atoms with Gasteiger partial charge in [0, 0.05) is 20.1 Å². The highest BCUT2D eigenvalue weighted by Crippen LogP contribution is 2.32. The second-order valence-corrected chi connectivity index (χ2v) is 9.49. The number of fused-ring (bicyclic) bond motifs is 1. The number of ether oxygens (including phenoxy) is 2. The Kier molecular flexibility index (Phi) is 8.75. The molecule has 0 saturated heterocycles. The largest absolute Gasteiger partial charge is 0.495 e. The van der Waals surface area contributed by atoms with Crippen LogP contribution in [0.2, 0.25) is 0 Å². The molecule has 1 amide bonds. The van der Waals surface area contributed by atoms with E-state index in [2.05, 4.69) is 0 Å². The number of carbonyl (C=O) groups is 1. The molecule has 36 heavy (non-hydrogen) atoms. The van der Waals surface area contributed by atoms with Gasteiger partial charge < -0.3 is 14.4 Å². The third-order valence-corrected chi connectivity index (χ3v) is 7.29. The number of amides is 1. The van der Waals surface area contributed by atoms with Crippen LogP contribution in [0.4, 0.5) is 0 Å². The number of benzene rings is 2. The summed E-state index contributed by atoms with van der Waals surface area (Å²) in [6.07, 6.45) is 6.95. The quantitative estimate of drug-likeness (QED) is 0.364. The molecule has 0 N–H and O–H groups in total. The Bertz CT molecular complexity index is 1230. The molecular weight excluding hydrogens is 454 g/mol. The second-order valence-electron chi connectivity index (χ2n) is 9.49. The second kappa shape index (κ2) is 12.2. The van der Waals surface area contributed by atoms with Gasteiger partial charge in [0.15, 0.2) is 0 Å². The molecule has 0 spiro atoms. The number of hydrogen-bond acceptors (Lipinski definition) is 5. The Balaban J connectivity index is 1.83. The molecule has 1 unspecified atom stereocenters. The summed E-state index contributed by atoms with van der Waals surface area (Å²) in [6, 6.07) is 14.4. The molecule has 0 bridgehead atoms. The van der Waals surface area contributed by atoms with E-state index in [-0.39, 0.29) is 11.5 Å². The van der Waals surface area contributed by atoms with E-state index in [1.165, 1.54) is 25.7 Å². The standard InChI is InChI=1S/C29H37N3O4/c1-4-24(31(19-20-35-2)27(33)18-17-21-11-5-6-12-21)28-30-23-14-8-7-13-22(23)29(34)32(28)25-15-9-10-16-26(25)36-3/h7-10,13-16,21,24H,4-6,11-12,17-20H2,1-3H3. The van der Waals surface area contributed by atoms with Gasteiger partial charge in [0.25, 0.3) is 5.56 Å². The number of hydrogen-bond donors (Lipinski definition) is 0. The molecule has 1 aliphatic carbocycles. The van der Waals surface area contributed by atoms with Gasteiger partial charge in [0.2, 0.25) is 5.91 Å². The van der Waals surface area contributed by atoms with Crippen molar-refractivity contribution in [1.82, 2.24) is 14.5 Å². The van der Waals surface area contributed by atoms with Gasteiger partial charge in [-0.05, 0) is 43.0 Å². The van der Waals surface area contributed by atoms with Crippen LogP contribution >= 0.6 is 0 Å². The summed E-state index contributed by atoms with van der Waals surface area (Å²) in [5.74, 6) is 1.82. The Morgan fingerprint density at radius 3 is 2.56 bits per heavy atom. The molecule has 1 atom stereocenters. The fourth-order valence-corrected chi connectivity index (χ4v) is 5.38. The number of carbonyl (C=O) groups excluding carboxylic acids is 1. The van der Waals surface area contributed by atoms with E-state index in [0.29, 0.717) is 60.1 Å². The summed E-state index contributed by atoms with van der Waals surface area (Å²) in [4.78, 5) is 34.4. The maximum Gasteiger partial charge on any atom is 0.266 e. The van der Waals surface area contributed by atoms with Crippen molar-refractivity contribution in [3.8, 4) is 11.4 Å². The lowest BCUT2D eigenvalue weighted by atomic mass is 10.0. The van der Waals surface area contributed by atoms with Crippen molar-refractivity contribution in [2.24, 2.45) is 5.92 Å². The van der Waals surface area contributed by atoms with Crippen LogP contribution in [0.3, 0.4) is 0 Å². The summed E-state index contributed by atoms with van der Waals surface area (Å²) in [5, 5.41) is 0.526. The van der Waals surface area contributed by atoms with Crippen molar-refractivity contribution in [1.29, 1.82) is 0 Å². The average molecular weight is 492 g/mol. The highest BCUT2D eigenvalue weighted by Gasteiger charge is 2.30. The molecule has 192 valence electrons. The van der Waals surface area contributed by atoms with Crippen LogP contribution in [-0.4, -0.2) is 47.7 Å². The summed E-state index contributed by atoms with van der Waals surface area (Å²) in [6.45, 7) is 2.88. The molecule has 4 rings (SSSR count). The Morgan fingerprint density at radius 2 is 1.83 bits per heavy atom. The molecule has 0 aliphatic heterocycles. The third-order valence-electron chi connectivity index (χ3n) is 7.29. The topological polar surface area (TPSA) is 73.7 Å². The molecule has 2 aromatic carbocycles. The maximum absolute atomic E-state index is 13.9. The molecule has 1 saturated carbocycles. The Morgan fingerprint density at radius 1 is 1.11 bits per heavy atom. The minimum Gasteiger partial charge on any atom is -0.495 e. The summed E-state index contributed by atoms with van der Waals surface area (Å²) in [5.41, 5.74) is 1.05. The van der Waals surface area contributed by atoms with Crippen LogP contribution in [0.25, 0.3) is 16.6 Å². The number of rotatable bonds is 11. The maximum atomic E-state index is 13.9. The van der Waals surface area contributed by atoms with Gasteiger partial charge >= 0.3 is 0 Å². The van der Waals surface area contributed by atoms with E-state index in [0.717, 1.165) is 6.42 Å². The van der Waals surface area contributed by atoms with Crippen LogP contribution < -0.4 is 10.3 Å². The van der Waals surface area contributed by atoms with Crippen LogP contribution in [-0.2, 0) is 9.53 Å². The van der Waals surface area contributed by atoms with Crippen molar-refractivity contribution in [3.63, 3.8) is 0 Å². The lowest BCUT2D eigenvalue weighted by Gasteiger charge is -2.32. The third kappa shape index (κ3) is 5.46. The molecular formula is C29H37N3O4. The van der Waals surface area contributed by atoms with E-state index in [1.807, 2.05) is 54.3 Å². The summed E-state index contributed by atoms with van der Waals surface area (Å²) in [7, 11) is 3.23. The highest BCUT2D eigenvalue weighted by atomic mass is 16.5. The van der Waals surface area contributed by atoms with Crippen molar-refractivity contribution >= 4 is 16.8 Å². The average Bonchev–Trinajstić information content (AvgIpc) is 3.43. The van der Waals surface area contributed by atoms with Gasteiger partial charge in [-0.15, -0.1) is 0 Å². The van der Waals surface area contributed by atoms with E-state index in [9.17, 15) is 9.59 Å². The lowest BCUT2D eigenvalue weighted by molar-refractivity contribution is -0.135. The van der Waals surface area contributed by atoms with E-state index < -0.39 is 6.04 Å². The zero-order valence-corrected chi connectivity index (χ0v) is 21.6. The predicted octanol–water partition coefficient (Wildman–Crippen LogP) is 5.29. The summed E-state index contributed by atoms with van der Waals surface area (Å²) < 4.78 is 12.6. The van der Waals surface area contributed by atoms with Crippen molar-refractivity contribution in [2.45, 2.75) is 57.9 Å². The van der Waals surface area contributed by atoms with Crippen molar-refractivity contribution < 1.29 is 14.3 Å². The number of para-hydroxylation sites is 3. The molecule has 1 heterocycles. The molecule has 0 radical (unpaired) electrons. The fraction of sp³-hybridized carbons (Fsp3) is 0.483. The normalized spacial score (nSPS) is 14.8. The minimum absolute atomic E-state index is 0.0831. The van der Waals surface area contributed by atoms with E-state index >= 15 is 0 Å². The van der Waals surface area contributed by atoms with Crippen LogP contribution in [0.15, 0.2) is 53.3 Å². The monoisotopic (exact) mass is 491 g/mol. The number of aromatic nitrogens is 2. The minimum atomic E-state index is -0.390. The molecule has 7 nitrogen and oxygen atoms in total. The first-order valence-electron chi connectivity index (χ1n) is 13.0. The van der Waals surface area contributed by atoms with Gasteiger partial charge in [-0.3, -0.25) is 14.2 Å². The van der Waals surface area contributed by atoms with Crippen LogP contribution in [0, 0.1) is 5.92 Å². The molecule has 1 aromatic heterocycles. The van der Waals surface area contributed by atoms with Crippen molar-refractivity contribution in [3.05, 3.63) is 64.7 Å². The SMILES string of the molecule is CCC(c1nc2ccccc2c(=O)n1-c1ccccc1OC)N(CCOC)C(=O)CCC1CCCC1. The Labute approximate surface area is 213 Å². The molecule has 7 heteroatoms. The Hall–Kier alpha value is -3.19.